The first-order valence-corrected chi connectivity index (χ1v) is 7.94. The second-order valence-electron chi connectivity index (χ2n) is 4.68. The largest absolute Gasteiger partial charge is 0.302 e. The zero-order valence-electron chi connectivity index (χ0n) is 11.4. The van der Waals surface area contributed by atoms with Crippen LogP contribution in [-0.2, 0) is 5.88 Å². The summed E-state index contributed by atoms with van der Waals surface area (Å²) < 4.78 is 2.13. The number of halogens is 1. The molecule has 1 unspecified atom stereocenters. The molecule has 0 spiro atoms. The summed E-state index contributed by atoms with van der Waals surface area (Å²) in [4.78, 5) is 13.6. The molecule has 4 nitrogen and oxygen atoms in total. The number of hydrogen-bond donors (Lipinski definition) is 0. The first-order chi connectivity index (χ1) is 9.74. The van der Waals surface area contributed by atoms with Crippen molar-refractivity contribution in [2.24, 2.45) is 0 Å². The van der Waals surface area contributed by atoms with Gasteiger partial charge in [0.05, 0.1) is 11.9 Å². The van der Waals surface area contributed by atoms with Crippen LogP contribution in [0.1, 0.15) is 35.8 Å². The Morgan fingerprint density at radius 2 is 2.25 bits per heavy atom. The molecule has 0 aromatic carbocycles. The normalized spacial score (nSPS) is 12.9. The van der Waals surface area contributed by atoms with Crippen molar-refractivity contribution in [3.63, 3.8) is 0 Å². The van der Waals surface area contributed by atoms with Crippen LogP contribution in [0.4, 0.5) is 0 Å². The minimum Gasteiger partial charge on any atom is -0.302 e. The Kier molecular flexibility index (Phi) is 3.72. The Balaban J connectivity index is 2.22. The molecule has 6 heteroatoms. The Morgan fingerprint density at radius 1 is 1.40 bits per heavy atom. The Labute approximate surface area is 126 Å². The standard InChI is InChI=1S/C14H15ClN4S/c1-3-11(14-16-4-5-20-14)19-12(7-15)18-10-6-9(2)8-17-13(10)19/h4-6,8,11H,3,7H2,1-2H3. The van der Waals surface area contributed by atoms with Crippen LogP contribution in [0.25, 0.3) is 11.2 Å². The van der Waals surface area contributed by atoms with Gasteiger partial charge in [0.1, 0.15) is 16.3 Å². The zero-order valence-corrected chi connectivity index (χ0v) is 12.9. The fourth-order valence-electron chi connectivity index (χ4n) is 2.42. The fraction of sp³-hybridized carbons (Fsp3) is 0.357. The maximum absolute atomic E-state index is 6.08. The van der Waals surface area contributed by atoms with Crippen LogP contribution >= 0.6 is 22.9 Å². The molecule has 104 valence electrons. The summed E-state index contributed by atoms with van der Waals surface area (Å²) in [5.41, 5.74) is 2.88. The minimum atomic E-state index is 0.143. The molecule has 0 radical (unpaired) electrons. The van der Waals surface area contributed by atoms with E-state index in [0.29, 0.717) is 5.88 Å². The van der Waals surface area contributed by atoms with Crippen LogP contribution < -0.4 is 0 Å². The average molecular weight is 307 g/mol. The minimum absolute atomic E-state index is 0.143. The van der Waals surface area contributed by atoms with Gasteiger partial charge in [-0.25, -0.2) is 15.0 Å². The third kappa shape index (κ3) is 2.21. The first kappa shape index (κ1) is 13.5. The van der Waals surface area contributed by atoms with Gasteiger partial charge in [-0.15, -0.1) is 22.9 Å². The fourth-order valence-corrected chi connectivity index (χ4v) is 3.42. The van der Waals surface area contributed by atoms with E-state index in [1.807, 2.05) is 30.8 Å². The molecule has 3 heterocycles. The van der Waals surface area contributed by atoms with Crippen LogP contribution in [0.15, 0.2) is 23.8 Å². The highest BCUT2D eigenvalue weighted by atomic mass is 35.5. The van der Waals surface area contributed by atoms with Gasteiger partial charge < -0.3 is 4.57 Å². The van der Waals surface area contributed by atoms with Crippen LogP contribution in [0, 0.1) is 6.92 Å². The van der Waals surface area contributed by atoms with E-state index in [0.717, 1.165) is 34.0 Å². The first-order valence-electron chi connectivity index (χ1n) is 6.53. The van der Waals surface area contributed by atoms with E-state index in [1.54, 1.807) is 11.3 Å². The lowest BCUT2D eigenvalue weighted by atomic mass is 10.2. The highest BCUT2D eigenvalue weighted by Gasteiger charge is 2.21. The lowest BCUT2D eigenvalue weighted by Crippen LogP contribution is -2.12. The van der Waals surface area contributed by atoms with Gasteiger partial charge in [-0.1, -0.05) is 6.92 Å². The third-order valence-corrected chi connectivity index (χ3v) is 4.41. The van der Waals surface area contributed by atoms with Gasteiger partial charge in [-0.2, -0.15) is 0 Å². The summed E-state index contributed by atoms with van der Waals surface area (Å²) in [5, 5.41) is 3.07. The highest BCUT2D eigenvalue weighted by Crippen LogP contribution is 2.29. The number of rotatable bonds is 4. The molecule has 0 saturated carbocycles. The molecule has 1 atom stereocenters. The number of pyridine rings is 1. The van der Waals surface area contributed by atoms with Crippen molar-refractivity contribution < 1.29 is 0 Å². The summed E-state index contributed by atoms with van der Waals surface area (Å²) >= 11 is 7.73. The van der Waals surface area contributed by atoms with Gasteiger partial charge in [-0.3, -0.25) is 0 Å². The van der Waals surface area contributed by atoms with Crippen molar-refractivity contribution in [1.82, 2.24) is 19.5 Å². The topological polar surface area (TPSA) is 43.6 Å². The van der Waals surface area contributed by atoms with Crippen molar-refractivity contribution in [2.45, 2.75) is 32.2 Å². The van der Waals surface area contributed by atoms with Crippen LogP contribution in [-0.4, -0.2) is 19.5 Å². The van der Waals surface area contributed by atoms with E-state index in [9.17, 15) is 0 Å². The van der Waals surface area contributed by atoms with Crippen LogP contribution in [0.2, 0.25) is 0 Å². The van der Waals surface area contributed by atoms with Crippen LogP contribution in [0.5, 0.6) is 0 Å². The summed E-state index contributed by atoms with van der Waals surface area (Å²) in [7, 11) is 0. The molecule has 0 aliphatic carbocycles. The van der Waals surface area contributed by atoms with E-state index in [4.69, 9.17) is 11.6 Å². The van der Waals surface area contributed by atoms with Gasteiger partial charge in [0.2, 0.25) is 0 Å². The monoisotopic (exact) mass is 306 g/mol. The molecule has 0 aliphatic heterocycles. The third-order valence-electron chi connectivity index (χ3n) is 3.29. The molecule has 0 bridgehead atoms. The number of fused-ring (bicyclic) bond motifs is 1. The van der Waals surface area contributed by atoms with Gasteiger partial charge in [-0.05, 0) is 25.0 Å². The van der Waals surface area contributed by atoms with E-state index in [2.05, 4.69) is 26.4 Å². The second-order valence-corrected chi connectivity index (χ2v) is 5.87. The number of alkyl halides is 1. The predicted octanol–water partition coefficient (Wildman–Crippen LogP) is 3.93. The zero-order chi connectivity index (χ0) is 14.1. The molecule has 0 aliphatic rings. The summed E-state index contributed by atoms with van der Waals surface area (Å²) in [6, 6.07) is 2.19. The molecule has 3 aromatic heterocycles. The van der Waals surface area contributed by atoms with Gasteiger partial charge in [0.15, 0.2) is 5.65 Å². The molecule has 0 amide bonds. The number of thiazole rings is 1. The van der Waals surface area contributed by atoms with Crippen molar-refractivity contribution in [3.8, 4) is 0 Å². The maximum Gasteiger partial charge on any atom is 0.160 e. The smallest absolute Gasteiger partial charge is 0.160 e. The molecule has 3 aromatic rings. The van der Waals surface area contributed by atoms with E-state index in [-0.39, 0.29) is 6.04 Å². The van der Waals surface area contributed by atoms with Gasteiger partial charge in [0, 0.05) is 17.8 Å². The highest BCUT2D eigenvalue weighted by molar-refractivity contribution is 7.09. The number of imidazole rings is 1. The molecular formula is C14H15ClN4S. The second kappa shape index (κ2) is 5.50. The molecule has 20 heavy (non-hydrogen) atoms. The number of nitrogens with zero attached hydrogens (tertiary/aromatic N) is 4. The molecule has 0 N–H and O–H groups in total. The maximum atomic E-state index is 6.08. The summed E-state index contributed by atoms with van der Waals surface area (Å²) in [6.07, 6.45) is 4.63. The molecule has 3 rings (SSSR count). The number of aryl methyl sites for hydroxylation is 1. The van der Waals surface area contributed by atoms with E-state index >= 15 is 0 Å². The number of aromatic nitrogens is 4. The van der Waals surface area contributed by atoms with E-state index in [1.165, 1.54) is 0 Å². The molecule has 0 saturated heterocycles. The Bertz CT molecular complexity index is 720. The predicted molar refractivity (Wildman–Crippen MR) is 82.4 cm³/mol. The molecule has 0 fully saturated rings. The lowest BCUT2D eigenvalue weighted by Gasteiger charge is -2.17. The van der Waals surface area contributed by atoms with Crippen molar-refractivity contribution in [1.29, 1.82) is 0 Å². The van der Waals surface area contributed by atoms with Crippen LogP contribution in [0.3, 0.4) is 0 Å². The van der Waals surface area contributed by atoms with Crippen molar-refractivity contribution >= 4 is 34.1 Å². The Hall–Kier alpha value is -1.46. The van der Waals surface area contributed by atoms with Gasteiger partial charge >= 0.3 is 0 Å². The Morgan fingerprint density at radius 3 is 2.90 bits per heavy atom. The van der Waals surface area contributed by atoms with Crippen molar-refractivity contribution in [3.05, 3.63) is 40.2 Å². The quantitative estimate of drug-likeness (QED) is 0.686. The van der Waals surface area contributed by atoms with E-state index < -0.39 is 0 Å². The molecular weight excluding hydrogens is 292 g/mol. The average Bonchev–Trinajstić information content (AvgIpc) is 3.08. The summed E-state index contributed by atoms with van der Waals surface area (Å²) in [5.74, 6) is 1.22. The van der Waals surface area contributed by atoms with Crippen molar-refractivity contribution in [2.75, 3.05) is 0 Å². The SMILES string of the molecule is CCC(c1nccs1)n1c(CCl)nc2cc(C)cnc21. The summed E-state index contributed by atoms with van der Waals surface area (Å²) in [6.45, 7) is 4.16. The number of hydrogen-bond acceptors (Lipinski definition) is 4. The van der Waals surface area contributed by atoms with Gasteiger partial charge in [0.25, 0.3) is 0 Å². The lowest BCUT2D eigenvalue weighted by molar-refractivity contribution is 0.558.